The lowest BCUT2D eigenvalue weighted by molar-refractivity contribution is 0.0695. The molecule has 5 heteroatoms. The minimum absolute atomic E-state index is 0.226. The van der Waals surface area contributed by atoms with Crippen LogP contribution in [-0.4, -0.2) is 29.1 Å². The van der Waals surface area contributed by atoms with Gasteiger partial charge in [-0.05, 0) is 50.3 Å². The van der Waals surface area contributed by atoms with Crippen LogP contribution in [-0.2, 0) is 6.42 Å². The first-order valence-electron chi connectivity index (χ1n) is 10.4. The van der Waals surface area contributed by atoms with Crippen LogP contribution in [0.2, 0.25) is 5.02 Å². The lowest BCUT2D eigenvalue weighted by Crippen LogP contribution is -2.32. The monoisotopic (exact) mass is 398 g/mol. The fourth-order valence-corrected chi connectivity index (χ4v) is 5.03. The van der Waals surface area contributed by atoms with Gasteiger partial charge in [-0.1, -0.05) is 43.0 Å². The van der Waals surface area contributed by atoms with Crippen molar-refractivity contribution in [3.63, 3.8) is 0 Å². The third kappa shape index (κ3) is 3.50. The molecule has 28 heavy (non-hydrogen) atoms. The lowest BCUT2D eigenvalue weighted by Gasteiger charge is -2.34. The normalized spacial score (nSPS) is 17.4. The molecule has 1 aromatic heterocycles. The van der Waals surface area contributed by atoms with Crippen molar-refractivity contribution in [1.29, 1.82) is 0 Å². The number of pyridine rings is 1. The van der Waals surface area contributed by atoms with E-state index in [2.05, 4.69) is 11.8 Å². The van der Waals surface area contributed by atoms with Gasteiger partial charge in [-0.15, -0.1) is 0 Å². The lowest BCUT2D eigenvalue weighted by atomic mass is 9.81. The van der Waals surface area contributed by atoms with Crippen molar-refractivity contribution in [2.45, 2.75) is 57.8 Å². The number of carboxylic acids is 1. The first kappa shape index (κ1) is 19.3. The molecule has 148 valence electrons. The number of rotatable bonds is 4. The second-order valence-corrected chi connectivity index (χ2v) is 8.32. The number of hydrogen-bond donors (Lipinski definition) is 1. The average Bonchev–Trinajstić information content (AvgIpc) is 2.72. The molecule has 1 fully saturated rings. The van der Waals surface area contributed by atoms with E-state index in [0.717, 1.165) is 79.8 Å². The zero-order valence-corrected chi connectivity index (χ0v) is 17.1. The largest absolute Gasteiger partial charge is 0.478 e. The number of carbonyl (C=O) groups is 1. The highest BCUT2D eigenvalue weighted by molar-refractivity contribution is 6.30. The molecule has 1 N–H and O–H groups in total. The summed E-state index contributed by atoms with van der Waals surface area (Å²) in [4.78, 5) is 19.8. The van der Waals surface area contributed by atoms with E-state index in [1.54, 1.807) is 0 Å². The maximum Gasteiger partial charge on any atom is 0.338 e. The number of carboxylic acid groups (broad SMARTS) is 1. The summed E-state index contributed by atoms with van der Waals surface area (Å²) >= 11 is 6.28. The molecule has 0 spiro atoms. The molecule has 4 rings (SSSR count). The molecule has 1 aliphatic heterocycles. The second-order valence-electron chi connectivity index (χ2n) is 7.88. The van der Waals surface area contributed by atoms with E-state index in [0.29, 0.717) is 10.6 Å². The van der Waals surface area contributed by atoms with Gasteiger partial charge in [0.1, 0.15) is 5.82 Å². The third-order valence-electron chi connectivity index (χ3n) is 6.16. The van der Waals surface area contributed by atoms with Gasteiger partial charge in [0.25, 0.3) is 0 Å². The molecule has 1 saturated carbocycles. The van der Waals surface area contributed by atoms with Crippen molar-refractivity contribution >= 4 is 23.4 Å². The Morgan fingerprint density at radius 2 is 2.04 bits per heavy atom. The minimum atomic E-state index is -0.875. The predicted octanol–water partition coefficient (Wildman–Crippen LogP) is 5.92. The van der Waals surface area contributed by atoms with Crippen LogP contribution in [0, 0.1) is 0 Å². The van der Waals surface area contributed by atoms with Gasteiger partial charge in [0.2, 0.25) is 0 Å². The number of nitrogens with zero attached hydrogens (tertiary/aromatic N) is 2. The molecular weight excluding hydrogens is 372 g/mol. The molecule has 1 aromatic carbocycles. The summed E-state index contributed by atoms with van der Waals surface area (Å²) in [6, 6.07) is 7.60. The predicted molar refractivity (Wildman–Crippen MR) is 114 cm³/mol. The fourth-order valence-electron chi connectivity index (χ4n) is 4.84. The van der Waals surface area contributed by atoms with E-state index in [9.17, 15) is 9.90 Å². The standard InChI is InChI=1S/C23H27ClN2O2/c1-2-26-13-7-12-18-19(16-10-6-11-17(24)14-16)20(23(27)28)21(25-22(18)26)15-8-4-3-5-9-15/h6,10-11,14-15H,2-5,7-9,12-13H2,1H3,(H,27,28). The van der Waals surface area contributed by atoms with Crippen LogP contribution in [0.4, 0.5) is 5.82 Å². The van der Waals surface area contributed by atoms with Crippen molar-refractivity contribution in [3.8, 4) is 11.1 Å². The number of fused-ring (bicyclic) bond motifs is 1. The van der Waals surface area contributed by atoms with Crippen molar-refractivity contribution in [3.05, 3.63) is 46.1 Å². The summed E-state index contributed by atoms with van der Waals surface area (Å²) in [6.07, 6.45) is 7.43. The highest BCUT2D eigenvalue weighted by atomic mass is 35.5. The number of hydrogen-bond acceptors (Lipinski definition) is 3. The van der Waals surface area contributed by atoms with Gasteiger partial charge >= 0.3 is 5.97 Å². The molecule has 0 amide bonds. The highest BCUT2D eigenvalue weighted by Crippen LogP contribution is 2.43. The zero-order chi connectivity index (χ0) is 19.7. The van der Waals surface area contributed by atoms with E-state index in [4.69, 9.17) is 16.6 Å². The van der Waals surface area contributed by atoms with E-state index in [1.807, 2.05) is 24.3 Å². The molecule has 0 bridgehead atoms. The van der Waals surface area contributed by atoms with Crippen LogP contribution >= 0.6 is 11.6 Å². The van der Waals surface area contributed by atoms with Crippen molar-refractivity contribution < 1.29 is 9.90 Å². The molecule has 2 heterocycles. The van der Waals surface area contributed by atoms with Gasteiger partial charge in [-0.2, -0.15) is 0 Å². The number of aromatic carboxylic acids is 1. The quantitative estimate of drug-likeness (QED) is 0.694. The topological polar surface area (TPSA) is 53.4 Å². The summed E-state index contributed by atoms with van der Waals surface area (Å²) in [5.41, 5.74) is 3.96. The van der Waals surface area contributed by atoms with Crippen molar-refractivity contribution in [2.24, 2.45) is 0 Å². The number of halogens is 1. The maximum atomic E-state index is 12.5. The average molecular weight is 399 g/mol. The summed E-state index contributed by atoms with van der Waals surface area (Å²) in [5.74, 6) is 0.331. The molecule has 1 aliphatic carbocycles. The summed E-state index contributed by atoms with van der Waals surface area (Å²) in [5, 5.41) is 10.9. The highest BCUT2D eigenvalue weighted by Gasteiger charge is 2.32. The summed E-state index contributed by atoms with van der Waals surface area (Å²) in [7, 11) is 0. The Morgan fingerprint density at radius 3 is 2.71 bits per heavy atom. The van der Waals surface area contributed by atoms with Crippen LogP contribution in [0.5, 0.6) is 0 Å². The Morgan fingerprint density at radius 1 is 1.25 bits per heavy atom. The molecule has 4 nitrogen and oxygen atoms in total. The van der Waals surface area contributed by atoms with E-state index < -0.39 is 5.97 Å². The van der Waals surface area contributed by atoms with Crippen LogP contribution in [0.15, 0.2) is 24.3 Å². The number of aromatic nitrogens is 1. The Hall–Kier alpha value is -2.07. The minimum Gasteiger partial charge on any atom is -0.478 e. The van der Waals surface area contributed by atoms with Crippen LogP contribution in [0.1, 0.15) is 73.0 Å². The first-order chi connectivity index (χ1) is 13.6. The van der Waals surface area contributed by atoms with E-state index >= 15 is 0 Å². The SMILES string of the molecule is CCN1CCCc2c1nc(C1CCCCC1)c(C(=O)O)c2-c1cccc(Cl)c1. The molecule has 0 radical (unpaired) electrons. The Bertz CT molecular complexity index is 890. The van der Waals surface area contributed by atoms with Crippen molar-refractivity contribution in [2.75, 3.05) is 18.0 Å². The summed E-state index contributed by atoms with van der Waals surface area (Å²) < 4.78 is 0. The van der Waals surface area contributed by atoms with Crippen LogP contribution < -0.4 is 4.90 Å². The Labute approximate surface area is 171 Å². The van der Waals surface area contributed by atoms with Gasteiger partial charge in [0.05, 0.1) is 11.3 Å². The fraction of sp³-hybridized carbons (Fsp3) is 0.478. The van der Waals surface area contributed by atoms with E-state index in [1.165, 1.54) is 6.42 Å². The first-order valence-corrected chi connectivity index (χ1v) is 10.8. The smallest absolute Gasteiger partial charge is 0.338 e. The molecule has 2 aromatic rings. The van der Waals surface area contributed by atoms with Crippen LogP contribution in [0.3, 0.4) is 0 Å². The molecule has 0 atom stereocenters. The zero-order valence-electron chi connectivity index (χ0n) is 16.4. The van der Waals surface area contributed by atoms with Gasteiger partial charge in [0, 0.05) is 35.2 Å². The number of benzene rings is 1. The van der Waals surface area contributed by atoms with Gasteiger partial charge < -0.3 is 10.0 Å². The molecule has 0 unspecified atom stereocenters. The molecular formula is C23H27ClN2O2. The van der Waals surface area contributed by atoms with Gasteiger partial charge in [-0.25, -0.2) is 9.78 Å². The number of anilines is 1. The Kier molecular flexibility index (Phi) is 5.58. The third-order valence-corrected chi connectivity index (χ3v) is 6.39. The van der Waals surface area contributed by atoms with Gasteiger partial charge in [0.15, 0.2) is 0 Å². The molecule has 0 saturated heterocycles. The molecule has 2 aliphatic rings. The Balaban J connectivity index is 2.01. The second kappa shape index (κ2) is 8.12. The van der Waals surface area contributed by atoms with Gasteiger partial charge in [-0.3, -0.25) is 0 Å². The van der Waals surface area contributed by atoms with Crippen molar-refractivity contribution in [1.82, 2.24) is 4.98 Å². The summed E-state index contributed by atoms with van der Waals surface area (Å²) in [6.45, 7) is 3.99. The van der Waals surface area contributed by atoms with Crippen LogP contribution in [0.25, 0.3) is 11.1 Å². The van der Waals surface area contributed by atoms with E-state index in [-0.39, 0.29) is 5.92 Å². The maximum absolute atomic E-state index is 12.5.